The van der Waals surface area contributed by atoms with Gasteiger partial charge in [0.15, 0.2) is 5.78 Å². The van der Waals surface area contributed by atoms with Gasteiger partial charge in [0, 0.05) is 17.2 Å². The summed E-state index contributed by atoms with van der Waals surface area (Å²) >= 11 is 7.39. The zero-order chi connectivity index (χ0) is 20.9. The number of rotatable bonds is 3. The minimum absolute atomic E-state index is 0.194. The maximum Gasteiger partial charge on any atom is 0.243 e. The van der Waals surface area contributed by atoms with Crippen molar-refractivity contribution in [3.63, 3.8) is 0 Å². The smallest absolute Gasteiger partial charge is 0.243 e. The lowest BCUT2D eigenvalue weighted by Crippen LogP contribution is -2.48. The lowest BCUT2D eigenvalue weighted by atomic mass is 9.73. The summed E-state index contributed by atoms with van der Waals surface area (Å²) in [5, 5.41) is 13.3. The fraction of sp³-hybridized carbons (Fsp3) is 0.143. The van der Waals surface area contributed by atoms with Crippen LogP contribution in [0.25, 0.3) is 11.1 Å². The summed E-state index contributed by atoms with van der Waals surface area (Å²) in [6.45, 7) is 1.54. The van der Waals surface area contributed by atoms with E-state index in [1.165, 1.54) is 26.2 Å². The fourth-order valence-corrected chi connectivity index (χ4v) is 4.79. The van der Waals surface area contributed by atoms with Gasteiger partial charge in [0.05, 0.1) is 12.7 Å². The van der Waals surface area contributed by atoms with Crippen molar-refractivity contribution in [2.45, 2.75) is 12.3 Å². The fourth-order valence-electron chi connectivity index (χ4n) is 3.43. The molecule has 0 aliphatic carbocycles. The first kappa shape index (κ1) is 19.4. The summed E-state index contributed by atoms with van der Waals surface area (Å²) in [7, 11) is 1.52. The Kier molecular flexibility index (Phi) is 4.59. The topological polar surface area (TPSA) is 75.6 Å². The summed E-state index contributed by atoms with van der Waals surface area (Å²) < 4.78 is 18.8. The van der Waals surface area contributed by atoms with Gasteiger partial charge in [0.1, 0.15) is 32.1 Å². The number of carbonyl (C=O) groups excluding carboxylic acids is 2. The first-order chi connectivity index (χ1) is 13.8. The van der Waals surface area contributed by atoms with Crippen LogP contribution < -0.4 is 10.1 Å². The van der Waals surface area contributed by atoms with Gasteiger partial charge in [-0.1, -0.05) is 23.7 Å². The largest absolute Gasteiger partial charge is 0.507 e. The van der Waals surface area contributed by atoms with E-state index in [0.717, 1.165) is 17.4 Å². The molecule has 0 radical (unpaired) electrons. The quantitative estimate of drug-likeness (QED) is 0.571. The first-order valence-corrected chi connectivity index (χ1v) is 9.78. The number of anilines is 1. The molecule has 1 aliphatic heterocycles. The van der Waals surface area contributed by atoms with E-state index in [1.54, 1.807) is 24.3 Å². The molecule has 2 N–H and O–H groups in total. The highest BCUT2D eigenvalue weighted by Crippen LogP contribution is 2.51. The van der Waals surface area contributed by atoms with Crippen molar-refractivity contribution < 1.29 is 23.8 Å². The standard InChI is InChI=1S/C21H15ClFNO4S/c1-21(10-3-6-12(28-2)7-4-10)17(26)16-15(13-8-5-11(23)9-14(13)25)18(22)29-19(16)24-20(21)27/h3-9,25H,1-2H3,(H,24,27). The average Bonchev–Trinajstić information content (AvgIpc) is 3.02. The van der Waals surface area contributed by atoms with Gasteiger partial charge < -0.3 is 15.2 Å². The minimum atomic E-state index is -1.51. The van der Waals surface area contributed by atoms with Crippen LogP contribution in [0, 0.1) is 5.82 Å². The Bertz CT molecular complexity index is 1160. The molecule has 3 aromatic rings. The molecule has 0 spiro atoms. The SMILES string of the molecule is COc1ccc(C2(C)C(=O)Nc3sc(Cl)c(-c4ccc(F)cc4O)c3C2=O)cc1. The number of carbonyl (C=O) groups is 2. The third kappa shape index (κ3) is 2.89. The van der Waals surface area contributed by atoms with Crippen LogP contribution in [0.5, 0.6) is 11.5 Å². The molecule has 0 fully saturated rings. The number of Topliss-reactive ketones (excluding diaryl/α,β-unsaturated/α-hetero) is 1. The molecule has 1 atom stereocenters. The summed E-state index contributed by atoms with van der Waals surface area (Å²) in [6.07, 6.45) is 0. The van der Waals surface area contributed by atoms with Gasteiger partial charge in [-0.05, 0) is 36.8 Å². The molecular weight excluding hydrogens is 417 g/mol. The Labute approximate surface area is 174 Å². The predicted octanol–water partition coefficient (Wildman–Crippen LogP) is 5.01. The maximum atomic E-state index is 13.6. The van der Waals surface area contributed by atoms with E-state index in [0.29, 0.717) is 16.3 Å². The van der Waals surface area contributed by atoms with Crippen molar-refractivity contribution in [3.8, 4) is 22.6 Å². The monoisotopic (exact) mass is 431 g/mol. The molecule has 2 heterocycles. The predicted molar refractivity (Wildman–Crippen MR) is 110 cm³/mol. The van der Waals surface area contributed by atoms with E-state index >= 15 is 0 Å². The normalized spacial score (nSPS) is 18.3. The van der Waals surface area contributed by atoms with Crippen molar-refractivity contribution in [2.24, 2.45) is 0 Å². The lowest BCUT2D eigenvalue weighted by molar-refractivity contribution is -0.119. The number of methoxy groups -OCH3 is 1. The molecule has 1 unspecified atom stereocenters. The summed E-state index contributed by atoms with van der Waals surface area (Å²) in [4.78, 5) is 26.5. The lowest BCUT2D eigenvalue weighted by Gasteiger charge is -2.32. The van der Waals surface area contributed by atoms with Crippen LogP contribution in [0.2, 0.25) is 4.34 Å². The molecule has 5 nitrogen and oxygen atoms in total. The number of amides is 1. The number of fused-ring (bicyclic) bond motifs is 1. The van der Waals surface area contributed by atoms with Gasteiger partial charge in [0.2, 0.25) is 5.91 Å². The zero-order valence-electron chi connectivity index (χ0n) is 15.4. The van der Waals surface area contributed by atoms with Gasteiger partial charge >= 0.3 is 0 Å². The Balaban J connectivity index is 1.91. The molecule has 4 rings (SSSR count). The molecule has 8 heteroatoms. The van der Waals surface area contributed by atoms with E-state index in [2.05, 4.69) is 5.32 Å². The summed E-state index contributed by atoms with van der Waals surface area (Å²) in [5.74, 6) is -1.30. The molecule has 1 aromatic heterocycles. The summed E-state index contributed by atoms with van der Waals surface area (Å²) in [5.41, 5.74) is -0.332. The third-order valence-corrected chi connectivity index (χ3v) is 6.44. The van der Waals surface area contributed by atoms with Crippen LogP contribution in [0.15, 0.2) is 42.5 Å². The molecule has 148 valence electrons. The van der Waals surface area contributed by atoms with Crippen LogP contribution in [0.3, 0.4) is 0 Å². The van der Waals surface area contributed by atoms with Gasteiger partial charge in [-0.25, -0.2) is 4.39 Å². The van der Waals surface area contributed by atoms with Crippen LogP contribution in [0.4, 0.5) is 9.39 Å². The van der Waals surface area contributed by atoms with Crippen molar-refractivity contribution in [3.05, 3.63) is 63.7 Å². The van der Waals surface area contributed by atoms with Crippen LogP contribution >= 0.6 is 22.9 Å². The van der Waals surface area contributed by atoms with Crippen LogP contribution in [-0.2, 0) is 10.2 Å². The average molecular weight is 432 g/mol. The number of thiophene rings is 1. The highest BCUT2D eigenvalue weighted by atomic mass is 35.5. The van der Waals surface area contributed by atoms with Gasteiger partial charge in [-0.15, -0.1) is 11.3 Å². The molecule has 0 saturated heterocycles. The van der Waals surface area contributed by atoms with Gasteiger partial charge in [0.25, 0.3) is 0 Å². The van der Waals surface area contributed by atoms with Crippen LogP contribution in [0.1, 0.15) is 22.8 Å². The Morgan fingerprint density at radius 1 is 1.14 bits per heavy atom. The number of phenolic OH excluding ortho intramolecular Hbond substituents is 1. The molecular formula is C21H15ClFNO4S. The zero-order valence-corrected chi connectivity index (χ0v) is 17.0. The molecule has 1 amide bonds. The number of nitrogens with one attached hydrogen (secondary N) is 1. The van der Waals surface area contributed by atoms with Crippen LogP contribution in [-0.4, -0.2) is 23.9 Å². The summed E-state index contributed by atoms with van der Waals surface area (Å²) in [6, 6.07) is 10.1. The number of benzene rings is 2. The Morgan fingerprint density at radius 2 is 1.83 bits per heavy atom. The van der Waals surface area contributed by atoms with Gasteiger partial charge in [-0.2, -0.15) is 0 Å². The van der Waals surface area contributed by atoms with E-state index in [9.17, 15) is 19.1 Å². The number of hydrogen-bond acceptors (Lipinski definition) is 5. The second-order valence-electron chi connectivity index (χ2n) is 6.75. The van der Waals surface area contributed by atoms with E-state index in [-0.39, 0.29) is 26.8 Å². The van der Waals surface area contributed by atoms with Crippen molar-refractivity contribution in [1.82, 2.24) is 0 Å². The third-order valence-electron chi connectivity index (χ3n) is 5.12. The number of phenols is 1. The number of halogens is 2. The number of ketones is 1. The molecule has 0 bridgehead atoms. The number of ether oxygens (including phenoxy) is 1. The Hall–Kier alpha value is -2.90. The number of hydrogen-bond donors (Lipinski definition) is 2. The van der Waals surface area contributed by atoms with E-state index < -0.39 is 22.9 Å². The second-order valence-corrected chi connectivity index (χ2v) is 8.38. The Morgan fingerprint density at radius 3 is 2.45 bits per heavy atom. The van der Waals surface area contributed by atoms with Crippen molar-refractivity contribution in [2.75, 3.05) is 12.4 Å². The maximum absolute atomic E-state index is 13.6. The highest BCUT2D eigenvalue weighted by molar-refractivity contribution is 7.21. The van der Waals surface area contributed by atoms with E-state index in [4.69, 9.17) is 16.3 Å². The van der Waals surface area contributed by atoms with E-state index in [1.807, 2.05) is 0 Å². The molecule has 1 aliphatic rings. The highest BCUT2D eigenvalue weighted by Gasteiger charge is 2.49. The van der Waals surface area contributed by atoms with Gasteiger partial charge in [-0.3, -0.25) is 9.59 Å². The van der Waals surface area contributed by atoms with Crippen molar-refractivity contribution in [1.29, 1.82) is 0 Å². The minimum Gasteiger partial charge on any atom is -0.507 e. The molecule has 2 aromatic carbocycles. The number of aromatic hydroxyl groups is 1. The first-order valence-electron chi connectivity index (χ1n) is 8.59. The molecule has 0 saturated carbocycles. The second kappa shape index (κ2) is 6.86. The van der Waals surface area contributed by atoms with Crippen molar-refractivity contribution >= 4 is 39.6 Å². The molecule has 29 heavy (non-hydrogen) atoms.